The predicted molar refractivity (Wildman–Crippen MR) is 72.9 cm³/mol. The third kappa shape index (κ3) is 5.03. The summed E-state index contributed by atoms with van der Waals surface area (Å²) < 4.78 is 11.9. The second-order valence-corrected chi connectivity index (χ2v) is 5.21. The smallest absolute Gasteiger partial charge is 0.320 e. The first-order chi connectivity index (χ1) is 9.29. The van der Waals surface area contributed by atoms with Crippen molar-refractivity contribution in [2.75, 3.05) is 0 Å². The van der Waals surface area contributed by atoms with Crippen molar-refractivity contribution >= 4 is 11.9 Å². The summed E-state index contributed by atoms with van der Waals surface area (Å²) in [7, 11) is 1.78. The number of rotatable bonds is 6. The highest BCUT2D eigenvalue weighted by molar-refractivity contribution is 5.95. The summed E-state index contributed by atoms with van der Waals surface area (Å²) in [6, 6.07) is 1.76. The Morgan fingerprint density at radius 2 is 1.65 bits per heavy atom. The molecule has 0 aliphatic heterocycles. The van der Waals surface area contributed by atoms with Gasteiger partial charge in [-0.3, -0.25) is 14.3 Å². The number of carbonyl (C=O) groups excluding carboxylic acids is 2. The van der Waals surface area contributed by atoms with Gasteiger partial charge in [-0.05, 0) is 33.8 Å². The lowest BCUT2D eigenvalue weighted by Gasteiger charge is -2.17. The maximum atomic E-state index is 12.0. The Morgan fingerprint density at radius 1 is 1.15 bits per heavy atom. The molecule has 0 aliphatic rings. The number of esters is 2. The minimum absolute atomic E-state index is 0.179. The molecule has 20 heavy (non-hydrogen) atoms. The number of nitrogens with zero attached hydrogens (tertiary/aromatic N) is 2. The Bertz CT molecular complexity index is 443. The molecule has 6 nitrogen and oxygen atoms in total. The molecule has 0 aromatic carbocycles. The number of ether oxygens (including phenoxy) is 2. The largest absolute Gasteiger partial charge is 0.462 e. The average Bonchev–Trinajstić information content (AvgIpc) is 2.69. The van der Waals surface area contributed by atoms with E-state index < -0.39 is 17.9 Å². The van der Waals surface area contributed by atoms with Gasteiger partial charge in [-0.15, -0.1) is 0 Å². The molecule has 1 rings (SSSR count). The van der Waals surface area contributed by atoms with Crippen LogP contribution in [0.4, 0.5) is 0 Å². The zero-order chi connectivity index (χ0) is 15.3. The van der Waals surface area contributed by atoms with Crippen LogP contribution in [0.15, 0.2) is 12.3 Å². The van der Waals surface area contributed by atoms with Crippen molar-refractivity contribution < 1.29 is 19.1 Å². The van der Waals surface area contributed by atoms with Gasteiger partial charge in [-0.1, -0.05) is 0 Å². The first kappa shape index (κ1) is 16.2. The van der Waals surface area contributed by atoms with E-state index in [1.54, 1.807) is 51.7 Å². The first-order valence-corrected chi connectivity index (χ1v) is 6.69. The van der Waals surface area contributed by atoms with Crippen molar-refractivity contribution in [3.63, 3.8) is 0 Å². The van der Waals surface area contributed by atoms with Gasteiger partial charge in [0, 0.05) is 19.7 Å². The fraction of sp³-hybridized carbons (Fsp3) is 0.643. The first-order valence-electron chi connectivity index (χ1n) is 6.69. The molecule has 112 valence electrons. The van der Waals surface area contributed by atoms with Gasteiger partial charge in [-0.25, -0.2) is 0 Å². The highest BCUT2D eigenvalue weighted by atomic mass is 16.6. The average molecular weight is 282 g/mol. The third-order valence-corrected chi connectivity index (χ3v) is 2.45. The molecule has 0 N–H and O–H groups in total. The Hall–Kier alpha value is -1.85. The molecule has 6 heteroatoms. The normalized spacial score (nSPS) is 11.2. The summed E-state index contributed by atoms with van der Waals surface area (Å²) in [6.07, 6.45) is 1.38. The van der Waals surface area contributed by atoms with Crippen LogP contribution in [0.2, 0.25) is 0 Å². The maximum Gasteiger partial charge on any atom is 0.320 e. The summed E-state index contributed by atoms with van der Waals surface area (Å²) in [6.45, 7) is 6.96. The van der Waals surface area contributed by atoms with E-state index in [2.05, 4.69) is 5.10 Å². The Kier molecular flexibility index (Phi) is 5.73. The monoisotopic (exact) mass is 282 g/mol. The third-order valence-electron chi connectivity index (χ3n) is 2.45. The zero-order valence-corrected chi connectivity index (χ0v) is 12.6. The lowest BCUT2D eigenvalue weighted by atomic mass is 10.0. The fourth-order valence-electron chi connectivity index (χ4n) is 1.67. The molecule has 1 heterocycles. The minimum Gasteiger partial charge on any atom is -0.462 e. The molecule has 0 bridgehead atoms. The number of aryl methyl sites for hydroxylation is 1. The summed E-state index contributed by atoms with van der Waals surface area (Å²) in [5.74, 6) is -2.12. The van der Waals surface area contributed by atoms with Crippen molar-refractivity contribution in [2.24, 2.45) is 13.0 Å². The molecule has 0 spiro atoms. The van der Waals surface area contributed by atoms with E-state index in [-0.39, 0.29) is 18.6 Å². The van der Waals surface area contributed by atoms with Crippen LogP contribution in [0.5, 0.6) is 0 Å². The van der Waals surface area contributed by atoms with E-state index in [1.807, 2.05) is 0 Å². The molecule has 1 aromatic rings. The predicted octanol–water partition coefficient (Wildman–Crippen LogP) is 1.48. The van der Waals surface area contributed by atoms with E-state index in [1.165, 1.54) is 0 Å². The highest BCUT2D eigenvalue weighted by Gasteiger charge is 2.32. The van der Waals surface area contributed by atoms with Gasteiger partial charge >= 0.3 is 11.9 Å². The molecule has 0 radical (unpaired) electrons. The van der Waals surface area contributed by atoms with E-state index in [0.717, 1.165) is 0 Å². The second-order valence-electron chi connectivity index (χ2n) is 5.21. The lowest BCUT2D eigenvalue weighted by Crippen LogP contribution is -2.32. The van der Waals surface area contributed by atoms with Crippen LogP contribution >= 0.6 is 0 Å². The minimum atomic E-state index is -0.977. The van der Waals surface area contributed by atoms with Crippen molar-refractivity contribution in [3.05, 3.63) is 18.0 Å². The fourth-order valence-corrected chi connectivity index (χ4v) is 1.67. The van der Waals surface area contributed by atoms with Gasteiger partial charge in [0.2, 0.25) is 0 Å². The van der Waals surface area contributed by atoms with Crippen LogP contribution < -0.4 is 0 Å². The van der Waals surface area contributed by atoms with Crippen LogP contribution in [-0.4, -0.2) is 33.9 Å². The maximum absolute atomic E-state index is 12.0. The van der Waals surface area contributed by atoms with Crippen LogP contribution in [0.25, 0.3) is 0 Å². The standard InChI is InChI=1S/C14H22N2O4/c1-9(2)19-13(17)12(14(18)20-10(3)4)8-11-6-7-16(5)15-11/h6-7,9-10,12H,8H2,1-5H3. The molecule has 0 aliphatic carbocycles. The summed E-state index contributed by atoms with van der Waals surface area (Å²) >= 11 is 0. The van der Waals surface area contributed by atoms with Crippen molar-refractivity contribution in [3.8, 4) is 0 Å². The van der Waals surface area contributed by atoms with Crippen LogP contribution in [0, 0.1) is 5.92 Å². The van der Waals surface area contributed by atoms with E-state index in [4.69, 9.17) is 9.47 Å². The quantitative estimate of drug-likeness (QED) is 0.584. The van der Waals surface area contributed by atoms with Gasteiger partial charge in [0.25, 0.3) is 0 Å². The Morgan fingerprint density at radius 3 is 2.00 bits per heavy atom. The van der Waals surface area contributed by atoms with Crippen molar-refractivity contribution in [2.45, 2.75) is 46.3 Å². The number of carbonyl (C=O) groups is 2. The van der Waals surface area contributed by atoms with Gasteiger partial charge in [-0.2, -0.15) is 5.10 Å². The molecule has 0 unspecified atom stereocenters. The van der Waals surface area contributed by atoms with E-state index in [9.17, 15) is 9.59 Å². The Balaban J connectivity index is 2.83. The van der Waals surface area contributed by atoms with E-state index in [0.29, 0.717) is 5.69 Å². The molecule has 0 atom stereocenters. The second kappa shape index (κ2) is 7.07. The summed E-state index contributed by atoms with van der Waals surface area (Å²) in [5.41, 5.74) is 0.652. The lowest BCUT2D eigenvalue weighted by molar-refractivity contribution is -0.166. The number of hydrogen-bond acceptors (Lipinski definition) is 5. The molecule has 0 saturated carbocycles. The molecule has 1 aromatic heterocycles. The molecule has 0 amide bonds. The van der Waals surface area contributed by atoms with Gasteiger partial charge in [0.15, 0.2) is 5.92 Å². The molecular formula is C14H22N2O4. The summed E-state index contributed by atoms with van der Waals surface area (Å²) in [4.78, 5) is 24.1. The van der Waals surface area contributed by atoms with Crippen molar-refractivity contribution in [1.29, 1.82) is 0 Å². The number of hydrogen-bond donors (Lipinski definition) is 0. The van der Waals surface area contributed by atoms with Gasteiger partial charge in [0.05, 0.1) is 17.9 Å². The topological polar surface area (TPSA) is 70.4 Å². The molecule has 0 saturated heterocycles. The zero-order valence-electron chi connectivity index (χ0n) is 12.6. The van der Waals surface area contributed by atoms with E-state index >= 15 is 0 Å². The van der Waals surface area contributed by atoms with Crippen LogP contribution in [-0.2, 0) is 32.5 Å². The highest BCUT2D eigenvalue weighted by Crippen LogP contribution is 2.13. The van der Waals surface area contributed by atoms with Crippen LogP contribution in [0.1, 0.15) is 33.4 Å². The Labute approximate surface area is 119 Å². The summed E-state index contributed by atoms with van der Waals surface area (Å²) in [5, 5.41) is 4.17. The molecular weight excluding hydrogens is 260 g/mol. The SMILES string of the molecule is CC(C)OC(=O)C(Cc1ccn(C)n1)C(=O)OC(C)C. The van der Waals surface area contributed by atoms with Gasteiger partial charge < -0.3 is 9.47 Å². The molecule has 0 fully saturated rings. The van der Waals surface area contributed by atoms with Gasteiger partial charge in [0.1, 0.15) is 0 Å². The van der Waals surface area contributed by atoms with Crippen LogP contribution in [0.3, 0.4) is 0 Å². The van der Waals surface area contributed by atoms with Crippen molar-refractivity contribution in [1.82, 2.24) is 9.78 Å². The number of aromatic nitrogens is 2.